The monoisotopic (exact) mass is 493 g/mol. The zero-order chi connectivity index (χ0) is 24.9. The quantitative estimate of drug-likeness (QED) is 0.469. The summed E-state index contributed by atoms with van der Waals surface area (Å²) in [6.45, 7) is 4.18. The van der Waals surface area contributed by atoms with E-state index in [2.05, 4.69) is 15.1 Å². The molecule has 0 saturated carbocycles. The lowest BCUT2D eigenvalue weighted by Gasteiger charge is -2.40. The van der Waals surface area contributed by atoms with Crippen molar-refractivity contribution in [1.82, 2.24) is 14.9 Å². The Kier molecular flexibility index (Phi) is 7.60. The Morgan fingerprint density at radius 3 is 2.31 bits per heavy atom. The standard InChI is InChI=1S/C28H33F2N5O/c1-36-22-10-8-20(9-11-22)23-18-32-28(33-27(23)31-19-24-25(29)6-5-7-26(24)30)35-16-12-21(13-17-35)34-14-3-2-4-15-34/h5-11,18,21H,2-4,12-17,19H2,1H3,(H,31,32,33). The summed E-state index contributed by atoms with van der Waals surface area (Å²) >= 11 is 0. The number of benzene rings is 2. The lowest BCUT2D eigenvalue weighted by molar-refractivity contribution is 0.141. The van der Waals surface area contributed by atoms with E-state index in [9.17, 15) is 8.78 Å². The van der Waals surface area contributed by atoms with Gasteiger partial charge in [0.1, 0.15) is 23.2 Å². The number of likely N-dealkylation sites (tertiary alicyclic amines) is 1. The number of hydrogen-bond acceptors (Lipinski definition) is 6. The largest absolute Gasteiger partial charge is 0.497 e. The van der Waals surface area contributed by atoms with Crippen LogP contribution in [0.25, 0.3) is 11.1 Å². The third-order valence-corrected chi connectivity index (χ3v) is 7.33. The fraction of sp³-hybridized carbons (Fsp3) is 0.429. The molecule has 1 aromatic heterocycles. The number of halogens is 2. The van der Waals surface area contributed by atoms with Crippen molar-refractivity contribution >= 4 is 11.8 Å². The maximum absolute atomic E-state index is 14.3. The van der Waals surface area contributed by atoms with Crippen molar-refractivity contribution in [2.75, 3.05) is 43.5 Å². The summed E-state index contributed by atoms with van der Waals surface area (Å²) in [5, 5.41) is 3.18. The molecule has 0 aliphatic carbocycles. The van der Waals surface area contributed by atoms with Gasteiger partial charge < -0.3 is 19.9 Å². The third kappa shape index (κ3) is 5.43. The summed E-state index contributed by atoms with van der Waals surface area (Å²) in [5.74, 6) is 0.771. The highest BCUT2D eigenvalue weighted by molar-refractivity contribution is 5.75. The molecule has 0 spiro atoms. The molecule has 8 heteroatoms. The molecule has 2 fully saturated rings. The Morgan fingerprint density at radius 2 is 1.64 bits per heavy atom. The van der Waals surface area contributed by atoms with Gasteiger partial charge in [-0.3, -0.25) is 0 Å². The molecule has 0 radical (unpaired) electrons. The van der Waals surface area contributed by atoms with Gasteiger partial charge in [-0.1, -0.05) is 24.6 Å². The van der Waals surface area contributed by atoms with Crippen LogP contribution in [-0.4, -0.2) is 54.2 Å². The molecule has 2 aliphatic heterocycles. The van der Waals surface area contributed by atoms with Crippen LogP contribution < -0.4 is 15.0 Å². The minimum atomic E-state index is -0.581. The van der Waals surface area contributed by atoms with Crippen molar-refractivity contribution in [1.29, 1.82) is 0 Å². The van der Waals surface area contributed by atoms with Crippen LogP contribution in [0.2, 0.25) is 0 Å². The first kappa shape index (κ1) is 24.4. The maximum Gasteiger partial charge on any atom is 0.227 e. The van der Waals surface area contributed by atoms with E-state index in [0.29, 0.717) is 17.8 Å². The molecule has 0 atom stereocenters. The first-order valence-corrected chi connectivity index (χ1v) is 12.8. The smallest absolute Gasteiger partial charge is 0.227 e. The number of nitrogens with one attached hydrogen (secondary N) is 1. The molecule has 0 unspecified atom stereocenters. The van der Waals surface area contributed by atoms with Crippen molar-refractivity contribution in [3.05, 3.63) is 65.9 Å². The van der Waals surface area contributed by atoms with Crippen LogP contribution >= 0.6 is 0 Å². The molecule has 2 aromatic carbocycles. The molecule has 3 aromatic rings. The van der Waals surface area contributed by atoms with Gasteiger partial charge in [0.15, 0.2) is 0 Å². The normalized spacial score (nSPS) is 17.2. The second-order valence-corrected chi connectivity index (χ2v) is 9.53. The van der Waals surface area contributed by atoms with E-state index in [0.717, 1.165) is 42.8 Å². The number of aromatic nitrogens is 2. The molecule has 2 aliphatic rings. The average Bonchev–Trinajstić information content (AvgIpc) is 2.93. The summed E-state index contributed by atoms with van der Waals surface area (Å²) in [6.07, 6.45) is 7.92. The van der Waals surface area contributed by atoms with Crippen LogP contribution in [-0.2, 0) is 6.54 Å². The number of rotatable bonds is 7. The molecule has 6 nitrogen and oxygen atoms in total. The van der Waals surface area contributed by atoms with Crippen LogP contribution in [0.15, 0.2) is 48.7 Å². The predicted octanol–water partition coefficient (Wildman–Crippen LogP) is 5.50. The second kappa shape index (κ2) is 11.2. The van der Waals surface area contributed by atoms with E-state index >= 15 is 0 Å². The van der Waals surface area contributed by atoms with E-state index in [-0.39, 0.29) is 12.1 Å². The van der Waals surface area contributed by atoms with Gasteiger partial charge in [-0.2, -0.15) is 4.98 Å². The molecule has 0 bridgehead atoms. The molecule has 3 heterocycles. The fourth-order valence-electron chi connectivity index (χ4n) is 5.23. The summed E-state index contributed by atoms with van der Waals surface area (Å²) < 4.78 is 33.8. The molecule has 36 heavy (non-hydrogen) atoms. The SMILES string of the molecule is COc1ccc(-c2cnc(N3CCC(N4CCCCC4)CC3)nc2NCc2c(F)cccc2F)cc1. The van der Waals surface area contributed by atoms with Gasteiger partial charge in [-0.15, -0.1) is 0 Å². The first-order valence-electron chi connectivity index (χ1n) is 12.8. The highest BCUT2D eigenvalue weighted by Crippen LogP contribution is 2.31. The minimum Gasteiger partial charge on any atom is -0.497 e. The number of nitrogens with zero attached hydrogens (tertiary/aromatic N) is 4. The van der Waals surface area contributed by atoms with Crippen LogP contribution in [0.5, 0.6) is 5.75 Å². The lowest BCUT2D eigenvalue weighted by atomic mass is 10.00. The van der Waals surface area contributed by atoms with E-state index in [1.54, 1.807) is 13.3 Å². The first-order chi connectivity index (χ1) is 17.6. The van der Waals surface area contributed by atoms with E-state index < -0.39 is 11.6 Å². The molecular weight excluding hydrogens is 460 g/mol. The number of methoxy groups -OCH3 is 1. The summed E-state index contributed by atoms with van der Waals surface area (Å²) in [5.41, 5.74) is 1.64. The predicted molar refractivity (Wildman–Crippen MR) is 138 cm³/mol. The van der Waals surface area contributed by atoms with Gasteiger partial charge in [0.2, 0.25) is 5.95 Å². The highest BCUT2D eigenvalue weighted by atomic mass is 19.1. The molecule has 190 valence electrons. The minimum absolute atomic E-state index is 0.0133. The van der Waals surface area contributed by atoms with Crippen LogP contribution in [0.4, 0.5) is 20.5 Å². The number of anilines is 2. The molecule has 1 N–H and O–H groups in total. The van der Waals surface area contributed by atoms with Crippen LogP contribution in [0.1, 0.15) is 37.7 Å². The van der Waals surface area contributed by atoms with Gasteiger partial charge >= 0.3 is 0 Å². The molecule has 2 saturated heterocycles. The van der Waals surface area contributed by atoms with Crippen molar-refractivity contribution in [2.45, 2.75) is 44.7 Å². The highest BCUT2D eigenvalue weighted by Gasteiger charge is 2.27. The Labute approximate surface area is 211 Å². The van der Waals surface area contributed by atoms with Crippen LogP contribution in [0.3, 0.4) is 0 Å². The lowest BCUT2D eigenvalue weighted by Crippen LogP contribution is -2.47. The Bertz CT molecular complexity index is 1140. The van der Waals surface area contributed by atoms with Gasteiger partial charge in [-0.05, 0) is 68.6 Å². The Morgan fingerprint density at radius 1 is 0.944 bits per heavy atom. The molecular formula is C28H33F2N5O. The van der Waals surface area contributed by atoms with E-state index in [1.165, 1.54) is 50.6 Å². The van der Waals surface area contributed by atoms with Crippen LogP contribution in [0, 0.1) is 11.6 Å². The van der Waals surface area contributed by atoms with E-state index in [1.807, 2.05) is 24.3 Å². The van der Waals surface area contributed by atoms with Gasteiger partial charge in [0.05, 0.1) is 7.11 Å². The topological polar surface area (TPSA) is 53.5 Å². The fourth-order valence-corrected chi connectivity index (χ4v) is 5.23. The van der Waals surface area contributed by atoms with Crippen molar-refractivity contribution < 1.29 is 13.5 Å². The second-order valence-electron chi connectivity index (χ2n) is 9.53. The van der Waals surface area contributed by atoms with Crippen molar-refractivity contribution in [2.24, 2.45) is 0 Å². The van der Waals surface area contributed by atoms with Gasteiger partial charge in [0, 0.05) is 43.0 Å². The maximum atomic E-state index is 14.3. The summed E-state index contributed by atoms with van der Waals surface area (Å²) in [7, 11) is 1.62. The van der Waals surface area contributed by atoms with Crippen molar-refractivity contribution in [3.63, 3.8) is 0 Å². The summed E-state index contributed by atoms with van der Waals surface area (Å²) in [6, 6.07) is 12.1. The molecule has 0 amide bonds. The third-order valence-electron chi connectivity index (χ3n) is 7.33. The number of piperidine rings is 2. The summed E-state index contributed by atoms with van der Waals surface area (Å²) in [4.78, 5) is 14.4. The zero-order valence-electron chi connectivity index (χ0n) is 20.7. The number of ether oxygens (including phenoxy) is 1. The molecule has 5 rings (SSSR count). The zero-order valence-corrected chi connectivity index (χ0v) is 20.7. The van der Waals surface area contributed by atoms with Gasteiger partial charge in [-0.25, -0.2) is 13.8 Å². The van der Waals surface area contributed by atoms with E-state index in [4.69, 9.17) is 14.7 Å². The number of hydrogen-bond donors (Lipinski definition) is 1. The Balaban J connectivity index is 1.37. The Hall–Kier alpha value is -3.26. The average molecular weight is 494 g/mol. The van der Waals surface area contributed by atoms with Crippen molar-refractivity contribution in [3.8, 4) is 16.9 Å². The van der Waals surface area contributed by atoms with Gasteiger partial charge in [0.25, 0.3) is 0 Å².